The summed E-state index contributed by atoms with van der Waals surface area (Å²) in [5, 5.41) is 0.817. The predicted octanol–water partition coefficient (Wildman–Crippen LogP) is 6.30. The molecule has 5 nitrogen and oxygen atoms in total. The molecule has 4 rings (SSSR count). The molecule has 0 saturated heterocycles. The summed E-state index contributed by atoms with van der Waals surface area (Å²) in [5.41, 5.74) is 1.23. The monoisotopic (exact) mass is 454 g/mol. The van der Waals surface area contributed by atoms with Crippen LogP contribution in [-0.2, 0) is 0 Å². The van der Waals surface area contributed by atoms with Gasteiger partial charge in [0.05, 0.1) is 23.1 Å². The fraction of sp³-hybridized carbons (Fsp3) is 0.0833. The zero-order valence-electron chi connectivity index (χ0n) is 16.6. The normalized spacial score (nSPS) is 10.8. The Hall–Kier alpha value is -3.28. The molecule has 0 amide bonds. The lowest BCUT2D eigenvalue weighted by Crippen LogP contribution is -2.16. The molecule has 0 aliphatic carbocycles. The van der Waals surface area contributed by atoms with E-state index in [4.69, 9.17) is 37.1 Å². The summed E-state index contributed by atoms with van der Waals surface area (Å²) in [6, 6.07) is 16.4. The maximum absolute atomic E-state index is 13.3. The van der Waals surface area contributed by atoms with E-state index in [9.17, 15) is 9.59 Å². The number of hydrogen-bond acceptors (Lipinski definition) is 5. The SMILES string of the molecule is COc1ccc(-c2oc3cc(C)c(Cl)cc3c(=O)c2OC(=O)c2ccccc2Cl)cc1. The second-order valence-electron chi connectivity index (χ2n) is 6.78. The smallest absolute Gasteiger partial charge is 0.345 e. The molecule has 4 aromatic rings. The van der Waals surface area contributed by atoms with Gasteiger partial charge in [0.2, 0.25) is 11.2 Å². The van der Waals surface area contributed by atoms with Gasteiger partial charge in [0.1, 0.15) is 11.3 Å². The predicted molar refractivity (Wildman–Crippen MR) is 121 cm³/mol. The molecule has 0 N–H and O–H groups in total. The Morgan fingerprint density at radius 1 is 0.968 bits per heavy atom. The summed E-state index contributed by atoms with van der Waals surface area (Å²) < 4.78 is 16.7. The molecule has 1 aromatic heterocycles. The lowest BCUT2D eigenvalue weighted by molar-refractivity contribution is 0.0731. The lowest BCUT2D eigenvalue weighted by atomic mass is 10.1. The maximum atomic E-state index is 13.3. The number of fused-ring (bicyclic) bond motifs is 1. The van der Waals surface area contributed by atoms with Crippen molar-refractivity contribution in [3.8, 4) is 22.8 Å². The Bertz CT molecular complexity index is 1360. The first-order valence-corrected chi connectivity index (χ1v) is 10.0. The van der Waals surface area contributed by atoms with Crippen LogP contribution >= 0.6 is 23.2 Å². The van der Waals surface area contributed by atoms with Crippen LogP contribution in [0.4, 0.5) is 0 Å². The molecular formula is C24H16Cl2O5. The van der Waals surface area contributed by atoms with E-state index in [1.807, 2.05) is 0 Å². The topological polar surface area (TPSA) is 65.7 Å². The van der Waals surface area contributed by atoms with Gasteiger partial charge in [-0.2, -0.15) is 0 Å². The molecule has 0 bridgehead atoms. The van der Waals surface area contributed by atoms with Gasteiger partial charge in [-0.3, -0.25) is 4.79 Å². The van der Waals surface area contributed by atoms with Crippen LogP contribution < -0.4 is 14.9 Å². The highest BCUT2D eigenvalue weighted by Gasteiger charge is 2.23. The minimum atomic E-state index is -0.773. The molecule has 1 heterocycles. The van der Waals surface area contributed by atoms with E-state index in [1.165, 1.54) is 12.1 Å². The number of esters is 1. The van der Waals surface area contributed by atoms with E-state index in [2.05, 4.69) is 0 Å². The largest absolute Gasteiger partial charge is 0.497 e. The van der Waals surface area contributed by atoms with Crippen molar-refractivity contribution in [2.45, 2.75) is 6.92 Å². The first-order valence-electron chi connectivity index (χ1n) is 9.27. The highest BCUT2D eigenvalue weighted by molar-refractivity contribution is 6.33. The van der Waals surface area contributed by atoms with Crippen molar-refractivity contribution in [1.82, 2.24) is 0 Å². The number of carbonyl (C=O) groups excluding carboxylic acids is 1. The second-order valence-corrected chi connectivity index (χ2v) is 7.60. The van der Waals surface area contributed by atoms with Gasteiger partial charge in [-0.05, 0) is 61.0 Å². The Morgan fingerprint density at radius 2 is 1.68 bits per heavy atom. The number of rotatable bonds is 4. The van der Waals surface area contributed by atoms with E-state index in [0.29, 0.717) is 21.9 Å². The molecule has 0 spiro atoms. The van der Waals surface area contributed by atoms with E-state index < -0.39 is 11.4 Å². The molecule has 31 heavy (non-hydrogen) atoms. The number of halogens is 2. The number of benzene rings is 3. The zero-order valence-corrected chi connectivity index (χ0v) is 18.1. The van der Waals surface area contributed by atoms with Gasteiger partial charge in [0.15, 0.2) is 5.76 Å². The summed E-state index contributed by atoms with van der Waals surface area (Å²) in [7, 11) is 1.55. The molecule has 7 heteroatoms. The molecule has 0 fully saturated rings. The van der Waals surface area contributed by atoms with E-state index >= 15 is 0 Å². The summed E-state index contributed by atoms with van der Waals surface area (Å²) in [4.78, 5) is 26.1. The third kappa shape index (κ3) is 4.02. The minimum Gasteiger partial charge on any atom is -0.497 e. The fourth-order valence-electron chi connectivity index (χ4n) is 3.10. The van der Waals surface area contributed by atoms with Gasteiger partial charge >= 0.3 is 5.97 Å². The highest BCUT2D eigenvalue weighted by Crippen LogP contribution is 2.34. The van der Waals surface area contributed by atoms with Crippen LogP contribution in [0.2, 0.25) is 10.0 Å². The zero-order chi connectivity index (χ0) is 22.1. The van der Waals surface area contributed by atoms with Gasteiger partial charge in [-0.15, -0.1) is 0 Å². The van der Waals surface area contributed by atoms with Crippen molar-refractivity contribution in [2.75, 3.05) is 7.11 Å². The summed E-state index contributed by atoms with van der Waals surface area (Å²) >= 11 is 12.3. The summed E-state index contributed by atoms with van der Waals surface area (Å²) in [6.07, 6.45) is 0. The van der Waals surface area contributed by atoms with Crippen LogP contribution in [0.3, 0.4) is 0 Å². The molecule has 156 valence electrons. The minimum absolute atomic E-state index is 0.113. The molecular weight excluding hydrogens is 439 g/mol. The Balaban J connectivity index is 1.93. The molecule has 0 aliphatic rings. The van der Waals surface area contributed by atoms with Gasteiger partial charge in [0, 0.05) is 10.6 Å². The van der Waals surface area contributed by atoms with Crippen molar-refractivity contribution in [2.24, 2.45) is 0 Å². The van der Waals surface area contributed by atoms with Crippen LogP contribution in [0, 0.1) is 6.92 Å². The van der Waals surface area contributed by atoms with Gasteiger partial charge in [-0.1, -0.05) is 35.3 Å². The van der Waals surface area contributed by atoms with Crippen molar-refractivity contribution in [3.05, 3.63) is 92.1 Å². The average molecular weight is 455 g/mol. The third-order valence-electron chi connectivity index (χ3n) is 4.77. The van der Waals surface area contributed by atoms with Crippen molar-refractivity contribution < 1.29 is 18.7 Å². The highest BCUT2D eigenvalue weighted by atomic mass is 35.5. The Morgan fingerprint density at radius 3 is 2.35 bits per heavy atom. The number of hydrogen-bond donors (Lipinski definition) is 0. The van der Waals surface area contributed by atoms with Crippen molar-refractivity contribution in [1.29, 1.82) is 0 Å². The average Bonchev–Trinajstić information content (AvgIpc) is 2.77. The first-order chi connectivity index (χ1) is 14.9. The van der Waals surface area contributed by atoms with Gasteiger partial charge in [0.25, 0.3) is 0 Å². The van der Waals surface area contributed by atoms with E-state index in [-0.39, 0.29) is 27.5 Å². The first kappa shape index (κ1) is 21.0. The molecule has 0 saturated carbocycles. The fourth-order valence-corrected chi connectivity index (χ4v) is 3.47. The lowest BCUT2D eigenvalue weighted by Gasteiger charge is -2.12. The number of methoxy groups -OCH3 is 1. The second kappa shape index (κ2) is 8.46. The summed E-state index contributed by atoms with van der Waals surface area (Å²) in [5.74, 6) is -0.279. The Labute approximate surface area is 187 Å². The van der Waals surface area contributed by atoms with Gasteiger partial charge < -0.3 is 13.9 Å². The van der Waals surface area contributed by atoms with Crippen molar-refractivity contribution >= 4 is 40.1 Å². The number of aryl methyl sites for hydroxylation is 1. The molecule has 0 radical (unpaired) electrons. The van der Waals surface area contributed by atoms with Crippen molar-refractivity contribution in [3.63, 3.8) is 0 Å². The molecule has 0 aliphatic heterocycles. The van der Waals surface area contributed by atoms with E-state index in [1.54, 1.807) is 62.6 Å². The third-order valence-corrected chi connectivity index (χ3v) is 5.51. The summed E-state index contributed by atoms with van der Waals surface area (Å²) in [6.45, 7) is 1.81. The van der Waals surface area contributed by atoms with Crippen LogP contribution in [0.5, 0.6) is 11.5 Å². The number of carbonyl (C=O) groups is 1. The van der Waals surface area contributed by atoms with Crippen LogP contribution in [0.1, 0.15) is 15.9 Å². The maximum Gasteiger partial charge on any atom is 0.345 e. The Kier molecular flexibility index (Phi) is 5.72. The van der Waals surface area contributed by atoms with Crippen LogP contribution in [0.15, 0.2) is 69.9 Å². The quantitative estimate of drug-likeness (QED) is 0.338. The van der Waals surface area contributed by atoms with Crippen LogP contribution in [-0.4, -0.2) is 13.1 Å². The molecule has 0 atom stereocenters. The van der Waals surface area contributed by atoms with Crippen LogP contribution in [0.25, 0.3) is 22.3 Å². The van der Waals surface area contributed by atoms with Gasteiger partial charge in [-0.25, -0.2) is 4.79 Å². The van der Waals surface area contributed by atoms with E-state index in [0.717, 1.165) is 5.56 Å². The number of ether oxygens (including phenoxy) is 2. The molecule has 0 unspecified atom stereocenters. The molecule has 3 aromatic carbocycles. The standard InChI is InChI=1S/C24H16Cl2O5/c1-13-11-20-17(12-19(13)26)21(27)23(31-24(28)16-5-3-4-6-18(16)25)22(30-20)14-7-9-15(29-2)10-8-14/h3-12H,1-2H3.